The standard InChI is InChI=1S/C24H22F4N4O4S/c1-13(29)23(34)32(3)37(35)17-6-4-5-16(12-17)31-22(33)18-8-7-15(24(26,27)28)11-20(18)36-19-9-10-21(25)30-14(19)2/h4-13H,29H2,1-3H3,(H,31,33)/t13-,37-/m1/s1. The Morgan fingerprint density at radius 2 is 1.84 bits per heavy atom. The third-order valence-electron chi connectivity index (χ3n) is 5.02. The highest BCUT2D eigenvalue weighted by atomic mass is 32.2. The Kier molecular flexibility index (Phi) is 8.41. The van der Waals surface area contributed by atoms with E-state index in [1.165, 1.54) is 51.2 Å². The molecule has 3 aromatic rings. The molecule has 2 atom stereocenters. The first-order valence-electron chi connectivity index (χ1n) is 10.7. The molecule has 1 heterocycles. The number of likely N-dealkylation sites (N-methyl/N-ethyl adjacent to an activating group) is 1. The number of ether oxygens (including phenoxy) is 1. The van der Waals surface area contributed by atoms with Gasteiger partial charge in [-0.3, -0.25) is 9.59 Å². The molecule has 3 N–H and O–H groups in total. The van der Waals surface area contributed by atoms with Gasteiger partial charge in [-0.15, -0.1) is 0 Å². The van der Waals surface area contributed by atoms with Crippen molar-refractivity contribution in [1.82, 2.24) is 9.29 Å². The Morgan fingerprint density at radius 3 is 2.46 bits per heavy atom. The van der Waals surface area contributed by atoms with Gasteiger partial charge in [0.1, 0.15) is 22.9 Å². The van der Waals surface area contributed by atoms with E-state index in [0.29, 0.717) is 6.07 Å². The second kappa shape index (κ2) is 11.2. The summed E-state index contributed by atoms with van der Waals surface area (Å²) in [7, 11) is 1.31. The highest BCUT2D eigenvalue weighted by Gasteiger charge is 2.32. The topological polar surface area (TPSA) is 121 Å². The van der Waals surface area contributed by atoms with Crippen molar-refractivity contribution < 1.29 is 36.4 Å². The molecule has 3 rings (SSSR count). The molecule has 0 radical (unpaired) electrons. The minimum Gasteiger partial charge on any atom is -0.588 e. The lowest BCUT2D eigenvalue weighted by molar-refractivity contribution is -0.137. The second-order valence-electron chi connectivity index (χ2n) is 7.88. The van der Waals surface area contributed by atoms with Gasteiger partial charge >= 0.3 is 6.18 Å². The number of benzene rings is 2. The predicted octanol–water partition coefficient (Wildman–Crippen LogP) is 4.42. The van der Waals surface area contributed by atoms with Gasteiger partial charge in [-0.2, -0.15) is 21.9 Å². The Hall–Kier alpha value is -3.68. The summed E-state index contributed by atoms with van der Waals surface area (Å²) < 4.78 is 72.6. The van der Waals surface area contributed by atoms with Gasteiger partial charge < -0.3 is 20.3 Å². The molecule has 0 aliphatic carbocycles. The van der Waals surface area contributed by atoms with E-state index in [1.54, 1.807) is 0 Å². The lowest BCUT2D eigenvalue weighted by Gasteiger charge is -2.21. The maximum absolute atomic E-state index is 13.4. The molecular weight excluding hydrogens is 516 g/mol. The molecule has 37 heavy (non-hydrogen) atoms. The summed E-state index contributed by atoms with van der Waals surface area (Å²) in [5.41, 5.74) is 4.44. The molecule has 2 amide bonds. The summed E-state index contributed by atoms with van der Waals surface area (Å²) in [6.45, 7) is 2.84. The zero-order chi connectivity index (χ0) is 27.5. The number of aromatic nitrogens is 1. The summed E-state index contributed by atoms with van der Waals surface area (Å²) in [5.74, 6) is -2.69. The van der Waals surface area contributed by atoms with Gasteiger partial charge in [0.05, 0.1) is 29.9 Å². The Morgan fingerprint density at radius 1 is 1.14 bits per heavy atom. The van der Waals surface area contributed by atoms with Crippen LogP contribution in [-0.2, 0) is 22.3 Å². The van der Waals surface area contributed by atoms with Crippen LogP contribution in [0.2, 0.25) is 0 Å². The van der Waals surface area contributed by atoms with E-state index >= 15 is 0 Å². The van der Waals surface area contributed by atoms with E-state index in [-0.39, 0.29) is 27.6 Å². The monoisotopic (exact) mass is 538 g/mol. The summed E-state index contributed by atoms with van der Waals surface area (Å²) in [6.07, 6.45) is -4.72. The zero-order valence-electron chi connectivity index (χ0n) is 19.8. The number of nitrogens with zero attached hydrogens (tertiary/aromatic N) is 2. The van der Waals surface area contributed by atoms with Crippen LogP contribution >= 0.6 is 0 Å². The summed E-state index contributed by atoms with van der Waals surface area (Å²) in [6, 6.07) is 9.33. The van der Waals surface area contributed by atoms with Crippen molar-refractivity contribution in [3.8, 4) is 11.5 Å². The molecule has 2 aromatic carbocycles. The highest BCUT2D eigenvalue weighted by molar-refractivity contribution is 7.89. The van der Waals surface area contributed by atoms with Gasteiger partial charge in [0.25, 0.3) is 11.8 Å². The number of rotatable bonds is 7. The molecule has 0 aliphatic heterocycles. The number of nitrogens with two attached hydrogens (primary N) is 1. The summed E-state index contributed by atoms with van der Waals surface area (Å²) >= 11 is -1.93. The van der Waals surface area contributed by atoms with Crippen LogP contribution < -0.4 is 15.8 Å². The van der Waals surface area contributed by atoms with Crippen LogP contribution in [0.4, 0.5) is 23.2 Å². The molecule has 13 heteroatoms. The van der Waals surface area contributed by atoms with Gasteiger partial charge in [0.15, 0.2) is 4.90 Å². The van der Waals surface area contributed by atoms with Crippen molar-refractivity contribution in [3.63, 3.8) is 0 Å². The number of carbonyl (C=O) groups excluding carboxylic acids is 2. The highest BCUT2D eigenvalue weighted by Crippen LogP contribution is 2.36. The zero-order valence-corrected chi connectivity index (χ0v) is 20.6. The number of nitrogens with one attached hydrogen (secondary N) is 1. The van der Waals surface area contributed by atoms with Crippen molar-refractivity contribution >= 4 is 28.9 Å². The third-order valence-corrected chi connectivity index (χ3v) is 6.35. The van der Waals surface area contributed by atoms with Crippen molar-refractivity contribution in [2.45, 2.75) is 31.0 Å². The number of hydrogen-bond donors (Lipinski definition) is 2. The number of carbonyl (C=O) groups is 2. The van der Waals surface area contributed by atoms with E-state index in [9.17, 15) is 31.7 Å². The van der Waals surface area contributed by atoms with Crippen molar-refractivity contribution in [1.29, 1.82) is 0 Å². The van der Waals surface area contributed by atoms with Crippen LogP contribution in [0.25, 0.3) is 0 Å². The molecule has 196 valence electrons. The fourth-order valence-corrected chi connectivity index (χ4v) is 4.19. The van der Waals surface area contributed by atoms with Crippen LogP contribution in [0.15, 0.2) is 59.5 Å². The fourth-order valence-electron chi connectivity index (χ4n) is 3.12. The molecule has 0 spiro atoms. The van der Waals surface area contributed by atoms with Crippen LogP contribution in [0.3, 0.4) is 0 Å². The number of aryl methyl sites for hydroxylation is 1. The maximum atomic E-state index is 13.4. The van der Waals surface area contributed by atoms with E-state index in [1.807, 2.05) is 0 Å². The Labute approximate surface area is 212 Å². The van der Waals surface area contributed by atoms with E-state index in [0.717, 1.165) is 22.5 Å². The number of halogens is 4. The summed E-state index contributed by atoms with van der Waals surface area (Å²) in [5, 5.41) is 2.51. The molecule has 0 saturated heterocycles. The largest absolute Gasteiger partial charge is 0.588 e. The SMILES string of the molecule is Cc1nc(F)ccc1Oc1cc(C(F)(F)F)ccc1C(=O)Nc1cccc([S@@+]([O-])N(C)C(=O)[C@@H](C)N)c1. The number of pyridine rings is 1. The molecule has 0 aliphatic rings. The number of anilines is 1. The molecule has 0 unspecified atom stereocenters. The quantitative estimate of drug-likeness (QED) is 0.261. The Bertz CT molecular complexity index is 1320. The first-order valence-corrected chi connectivity index (χ1v) is 11.8. The van der Waals surface area contributed by atoms with Crippen LogP contribution in [0.5, 0.6) is 11.5 Å². The second-order valence-corrected chi connectivity index (χ2v) is 9.40. The number of hydrogen-bond acceptors (Lipinski definition) is 6. The lowest BCUT2D eigenvalue weighted by atomic mass is 10.1. The average molecular weight is 539 g/mol. The van der Waals surface area contributed by atoms with E-state index < -0.39 is 52.7 Å². The number of alkyl halides is 3. The fraction of sp³-hybridized carbons (Fsp3) is 0.208. The van der Waals surface area contributed by atoms with Crippen molar-refractivity contribution in [2.75, 3.05) is 12.4 Å². The van der Waals surface area contributed by atoms with Gasteiger partial charge in [0.2, 0.25) is 5.95 Å². The lowest BCUT2D eigenvalue weighted by Crippen LogP contribution is -2.42. The van der Waals surface area contributed by atoms with Gasteiger partial charge in [0, 0.05) is 11.8 Å². The first kappa shape index (κ1) is 27.9. The molecule has 0 fully saturated rings. The van der Waals surface area contributed by atoms with Crippen molar-refractivity contribution in [2.24, 2.45) is 5.73 Å². The number of amides is 2. The van der Waals surface area contributed by atoms with Crippen LogP contribution in [0.1, 0.15) is 28.5 Å². The van der Waals surface area contributed by atoms with Crippen molar-refractivity contribution in [3.05, 3.63) is 77.4 Å². The molecule has 8 nitrogen and oxygen atoms in total. The normalized spacial score (nSPS) is 13.0. The minimum absolute atomic E-state index is 0.0472. The maximum Gasteiger partial charge on any atom is 0.416 e. The molecule has 1 aromatic heterocycles. The smallest absolute Gasteiger partial charge is 0.416 e. The minimum atomic E-state index is -4.72. The average Bonchev–Trinajstić information content (AvgIpc) is 2.83. The van der Waals surface area contributed by atoms with Gasteiger partial charge in [-0.25, -0.2) is 4.98 Å². The summed E-state index contributed by atoms with van der Waals surface area (Å²) in [4.78, 5) is 28.8. The molecular formula is C24H22F4N4O4S. The first-order chi connectivity index (χ1) is 17.3. The van der Waals surface area contributed by atoms with Crippen LogP contribution in [-0.4, -0.2) is 38.7 Å². The predicted molar refractivity (Wildman–Crippen MR) is 128 cm³/mol. The Balaban J connectivity index is 1.92. The van der Waals surface area contributed by atoms with Crippen LogP contribution in [0, 0.1) is 12.9 Å². The van der Waals surface area contributed by atoms with Gasteiger partial charge in [-0.05, 0) is 56.3 Å². The molecule has 0 bridgehead atoms. The third kappa shape index (κ3) is 6.76. The van der Waals surface area contributed by atoms with E-state index in [4.69, 9.17) is 10.5 Å². The van der Waals surface area contributed by atoms with E-state index in [2.05, 4.69) is 10.3 Å². The molecule has 0 saturated carbocycles. The van der Waals surface area contributed by atoms with Gasteiger partial charge in [-0.1, -0.05) is 6.07 Å².